The van der Waals surface area contributed by atoms with Gasteiger partial charge in [0.2, 0.25) is 0 Å². The summed E-state index contributed by atoms with van der Waals surface area (Å²) in [5.41, 5.74) is 0.958. The lowest BCUT2D eigenvalue weighted by Gasteiger charge is -2.15. The van der Waals surface area contributed by atoms with Gasteiger partial charge in [0.1, 0.15) is 15.2 Å². The third kappa shape index (κ3) is 5.50. The van der Waals surface area contributed by atoms with Crippen LogP contribution in [0.5, 0.6) is 0 Å². The number of sulfone groups is 1. The fourth-order valence-corrected chi connectivity index (χ4v) is 5.64. The lowest BCUT2D eigenvalue weighted by molar-refractivity contribution is -0.139. The molecule has 1 aromatic carbocycles. The Morgan fingerprint density at radius 1 is 1.03 bits per heavy atom. The molecule has 0 fully saturated rings. The van der Waals surface area contributed by atoms with E-state index >= 15 is 0 Å². The van der Waals surface area contributed by atoms with Crippen LogP contribution in [-0.2, 0) is 25.8 Å². The highest BCUT2D eigenvalue weighted by Gasteiger charge is 2.33. The van der Waals surface area contributed by atoms with Gasteiger partial charge in [0.05, 0.1) is 6.26 Å². The van der Waals surface area contributed by atoms with Gasteiger partial charge in [-0.3, -0.25) is 9.59 Å². The van der Waals surface area contributed by atoms with E-state index in [1.54, 1.807) is 29.6 Å². The van der Waals surface area contributed by atoms with Crippen molar-refractivity contribution in [3.63, 3.8) is 0 Å². The van der Waals surface area contributed by atoms with Crippen molar-refractivity contribution in [3.05, 3.63) is 76.5 Å². The second-order valence-corrected chi connectivity index (χ2v) is 10.1. The van der Waals surface area contributed by atoms with Gasteiger partial charge in [0.25, 0.3) is 0 Å². The van der Waals surface area contributed by atoms with Gasteiger partial charge in [-0.1, -0.05) is 29.8 Å². The van der Waals surface area contributed by atoms with Crippen LogP contribution < -0.4 is 10.6 Å². The maximum absolute atomic E-state index is 12.9. The second-order valence-electron chi connectivity index (χ2n) is 6.32. The molecular weight excluding hydrogens is 448 g/mol. The van der Waals surface area contributed by atoms with Gasteiger partial charge in [-0.2, -0.15) is 0 Å². The lowest BCUT2D eigenvalue weighted by atomic mass is 10.1. The van der Waals surface area contributed by atoms with Crippen LogP contribution in [0.1, 0.15) is 16.6 Å². The Kier molecular flexibility index (Phi) is 7.30. The zero-order chi connectivity index (χ0) is 21.6. The number of carbonyl (C=O) groups excluding carboxylic acids is 2. The van der Waals surface area contributed by atoms with Gasteiger partial charge in [0, 0.05) is 18.1 Å². The Morgan fingerprint density at radius 2 is 1.77 bits per heavy atom. The molecule has 2 N–H and O–H groups in total. The first-order valence-corrected chi connectivity index (χ1v) is 11.8. The minimum absolute atomic E-state index is 0.158. The minimum Gasteiger partial charge on any atom is -0.468 e. The van der Waals surface area contributed by atoms with Crippen LogP contribution in [0, 0.1) is 0 Å². The summed E-state index contributed by atoms with van der Waals surface area (Å²) in [5, 5.41) is 6.03. The number of carbonyl (C=O) groups is 2. The third-order valence-corrected chi connectivity index (χ3v) is 8.02. The second kappa shape index (κ2) is 9.92. The van der Waals surface area contributed by atoms with E-state index in [-0.39, 0.29) is 23.1 Å². The molecule has 0 unspecified atom stereocenters. The first-order chi connectivity index (χ1) is 14.4. The summed E-state index contributed by atoms with van der Waals surface area (Å²) >= 11 is 6.90. The monoisotopic (exact) mass is 466 g/mol. The first-order valence-electron chi connectivity index (χ1n) is 8.99. The SMILES string of the molecule is O=C(NCCc1ccc(Cl)cc1)C(=O)NC[C@@H](c1ccco1)S(=O)(=O)c1cccs1. The number of amides is 2. The molecule has 0 bridgehead atoms. The minimum atomic E-state index is -3.79. The van der Waals surface area contributed by atoms with Crippen molar-refractivity contribution in [2.24, 2.45) is 0 Å². The molecule has 10 heteroatoms. The lowest BCUT2D eigenvalue weighted by Crippen LogP contribution is -2.42. The quantitative estimate of drug-likeness (QED) is 0.496. The van der Waals surface area contributed by atoms with E-state index in [1.807, 2.05) is 12.1 Å². The number of benzene rings is 1. The Bertz CT molecular complexity index is 1080. The topological polar surface area (TPSA) is 105 Å². The van der Waals surface area contributed by atoms with E-state index in [4.69, 9.17) is 16.0 Å². The molecular formula is C20H19ClN2O5S2. The van der Waals surface area contributed by atoms with Gasteiger partial charge in [0.15, 0.2) is 9.84 Å². The fourth-order valence-electron chi connectivity index (χ4n) is 2.72. The molecule has 3 rings (SSSR count). The Balaban J connectivity index is 1.57. The highest BCUT2D eigenvalue weighted by Crippen LogP contribution is 2.31. The molecule has 3 aromatic rings. The average Bonchev–Trinajstić information content (AvgIpc) is 3.44. The van der Waals surface area contributed by atoms with Crippen molar-refractivity contribution >= 4 is 44.6 Å². The van der Waals surface area contributed by atoms with Gasteiger partial charge < -0.3 is 15.1 Å². The zero-order valence-corrected chi connectivity index (χ0v) is 18.1. The number of furan rings is 1. The number of thiophene rings is 1. The molecule has 7 nitrogen and oxygen atoms in total. The maximum atomic E-state index is 12.9. The summed E-state index contributed by atoms with van der Waals surface area (Å²) in [4.78, 5) is 24.2. The molecule has 158 valence electrons. The molecule has 30 heavy (non-hydrogen) atoms. The molecule has 0 aliphatic heterocycles. The molecule has 0 radical (unpaired) electrons. The van der Waals surface area contributed by atoms with Crippen LogP contribution in [0.3, 0.4) is 0 Å². The van der Waals surface area contributed by atoms with Crippen LogP contribution in [0.15, 0.2) is 68.8 Å². The summed E-state index contributed by atoms with van der Waals surface area (Å²) in [7, 11) is -3.79. The predicted molar refractivity (Wildman–Crippen MR) is 114 cm³/mol. The third-order valence-electron chi connectivity index (χ3n) is 4.28. The molecule has 2 amide bonds. The molecule has 0 saturated carbocycles. The number of nitrogens with one attached hydrogen (secondary N) is 2. The highest BCUT2D eigenvalue weighted by molar-refractivity contribution is 7.93. The number of rotatable bonds is 8. The Labute approximate surface area is 183 Å². The summed E-state index contributed by atoms with van der Waals surface area (Å²) in [5.74, 6) is -1.56. The average molecular weight is 467 g/mol. The van der Waals surface area contributed by atoms with E-state index in [0.717, 1.165) is 16.9 Å². The largest absolute Gasteiger partial charge is 0.468 e. The summed E-state index contributed by atoms with van der Waals surface area (Å²) in [6.07, 6.45) is 1.88. The Morgan fingerprint density at radius 3 is 2.40 bits per heavy atom. The van der Waals surface area contributed by atoms with Gasteiger partial charge in [-0.15, -0.1) is 11.3 Å². The number of hydrogen-bond acceptors (Lipinski definition) is 6. The summed E-state index contributed by atoms with van der Waals surface area (Å²) in [6, 6.07) is 13.4. The van der Waals surface area contributed by atoms with E-state index in [0.29, 0.717) is 11.4 Å². The number of hydrogen-bond donors (Lipinski definition) is 2. The van der Waals surface area contributed by atoms with Crippen LogP contribution in [0.25, 0.3) is 0 Å². The van der Waals surface area contributed by atoms with Gasteiger partial charge in [-0.25, -0.2) is 8.42 Å². The highest BCUT2D eigenvalue weighted by atomic mass is 35.5. The van der Waals surface area contributed by atoms with E-state index in [9.17, 15) is 18.0 Å². The van der Waals surface area contributed by atoms with E-state index in [1.165, 1.54) is 18.4 Å². The normalized spacial score (nSPS) is 12.3. The summed E-state index contributed by atoms with van der Waals surface area (Å²) in [6.45, 7) is -0.0415. The summed E-state index contributed by atoms with van der Waals surface area (Å²) < 4.78 is 31.2. The van der Waals surface area contributed by atoms with Crippen molar-refractivity contribution < 1.29 is 22.4 Å². The molecule has 0 aliphatic carbocycles. The van der Waals surface area contributed by atoms with Gasteiger partial charge >= 0.3 is 11.8 Å². The molecule has 0 saturated heterocycles. The molecule has 0 aliphatic rings. The van der Waals surface area contributed by atoms with Crippen molar-refractivity contribution in [3.8, 4) is 0 Å². The van der Waals surface area contributed by atoms with Crippen LogP contribution in [0.2, 0.25) is 5.02 Å². The molecule has 1 atom stereocenters. The predicted octanol–water partition coefficient (Wildman–Crippen LogP) is 2.98. The van der Waals surface area contributed by atoms with E-state index in [2.05, 4.69) is 10.6 Å². The fraction of sp³-hybridized carbons (Fsp3) is 0.200. The zero-order valence-electron chi connectivity index (χ0n) is 15.7. The van der Waals surface area contributed by atoms with Crippen molar-refractivity contribution in [2.75, 3.05) is 13.1 Å². The Hall–Kier alpha value is -2.62. The molecule has 2 heterocycles. The van der Waals surface area contributed by atoms with Crippen molar-refractivity contribution in [1.29, 1.82) is 0 Å². The van der Waals surface area contributed by atoms with Crippen molar-refractivity contribution in [2.45, 2.75) is 15.9 Å². The van der Waals surface area contributed by atoms with Crippen LogP contribution in [-0.4, -0.2) is 33.3 Å². The standard InChI is InChI=1S/C20H19ClN2O5S2/c21-15-7-5-14(6-8-15)9-10-22-19(24)20(25)23-13-17(16-3-1-11-28-16)30(26,27)18-4-2-12-29-18/h1-8,11-12,17H,9-10,13H2,(H,22,24)(H,23,25)/t17-/m0/s1. The van der Waals surface area contributed by atoms with Crippen LogP contribution >= 0.6 is 22.9 Å². The first kappa shape index (κ1) is 22.1. The van der Waals surface area contributed by atoms with Gasteiger partial charge in [-0.05, 0) is 47.7 Å². The maximum Gasteiger partial charge on any atom is 0.309 e. The molecule has 2 aromatic heterocycles. The van der Waals surface area contributed by atoms with Crippen molar-refractivity contribution in [1.82, 2.24) is 10.6 Å². The van der Waals surface area contributed by atoms with E-state index < -0.39 is 26.9 Å². The number of halogens is 1. The van der Waals surface area contributed by atoms with Crippen LogP contribution in [0.4, 0.5) is 0 Å². The molecule has 0 spiro atoms. The smallest absolute Gasteiger partial charge is 0.309 e.